The molecule has 0 aliphatic carbocycles. The van der Waals surface area contributed by atoms with Crippen molar-refractivity contribution >= 4 is 11.4 Å². The molecule has 3 fully saturated rings. The predicted octanol–water partition coefficient (Wildman–Crippen LogP) is 3.88. The maximum Gasteiger partial charge on any atom is 0.163 e. The van der Waals surface area contributed by atoms with Gasteiger partial charge in [0.1, 0.15) is 18.2 Å². The average Bonchev–Trinajstić information content (AvgIpc) is 3.48. The molecule has 0 saturated carbocycles. The number of aromatic nitrogens is 3. The highest BCUT2D eigenvalue weighted by Crippen LogP contribution is 2.29. The number of nitriles is 1. The zero-order valence-corrected chi connectivity index (χ0v) is 22.1. The summed E-state index contributed by atoms with van der Waals surface area (Å²) in [6, 6.07) is 17.9. The van der Waals surface area contributed by atoms with Crippen molar-refractivity contribution < 1.29 is 4.74 Å². The number of anilines is 2. The molecule has 8 heteroatoms. The Kier molecular flexibility index (Phi) is 7.21. The van der Waals surface area contributed by atoms with Gasteiger partial charge in [0.15, 0.2) is 5.82 Å². The lowest BCUT2D eigenvalue weighted by molar-refractivity contribution is -0.0660. The molecule has 1 aromatic heterocycles. The van der Waals surface area contributed by atoms with Gasteiger partial charge in [-0.2, -0.15) is 5.26 Å². The molecule has 38 heavy (non-hydrogen) atoms. The van der Waals surface area contributed by atoms with Crippen LogP contribution in [0, 0.1) is 11.3 Å². The molecule has 1 atom stereocenters. The van der Waals surface area contributed by atoms with E-state index in [0.29, 0.717) is 17.4 Å². The van der Waals surface area contributed by atoms with Gasteiger partial charge in [-0.15, -0.1) is 0 Å². The first kappa shape index (κ1) is 24.8. The second-order valence-corrected chi connectivity index (χ2v) is 10.7. The van der Waals surface area contributed by atoms with Crippen molar-refractivity contribution in [2.75, 3.05) is 62.3 Å². The zero-order chi connectivity index (χ0) is 25.9. The molecule has 1 unspecified atom stereocenters. The topological polar surface area (TPSA) is 81.4 Å². The summed E-state index contributed by atoms with van der Waals surface area (Å²) in [6.45, 7) is 10.3. The summed E-state index contributed by atoms with van der Waals surface area (Å²) < 4.78 is 5.36. The standard InChI is InChI=1S/C30H35N7O/c1-22(16-23-4-7-26(8-5-23)35-12-14-36(15-13-35)27-19-38-20-27)29-32-21-33-30(34-29)24-6-9-28(25(17-24)18-31)37-10-2-3-11-37/h4-9,17,21-22,27H,2-3,10-16,19-20H2,1H3. The third kappa shape index (κ3) is 5.22. The van der Waals surface area contributed by atoms with Crippen LogP contribution in [0.2, 0.25) is 0 Å². The Morgan fingerprint density at radius 3 is 2.39 bits per heavy atom. The summed E-state index contributed by atoms with van der Waals surface area (Å²) in [5, 5.41) is 9.77. The van der Waals surface area contributed by atoms with Gasteiger partial charge < -0.3 is 14.5 Å². The summed E-state index contributed by atoms with van der Waals surface area (Å²) in [5.41, 5.74) is 5.11. The molecule has 0 bridgehead atoms. The summed E-state index contributed by atoms with van der Waals surface area (Å²) in [7, 11) is 0. The second kappa shape index (κ2) is 11.1. The smallest absolute Gasteiger partial charge is 0.163 e. The SMILES string of the molecule is CC(Cc1ccc(N2CCN(C3COC3)CC2)cc1)c1ncnc(-c2ccc(N3CCCC3)c(C#N)c2)n1. The van der Waals surface area contributed by atoms with Crippen molar-refractivity contribution in [3.05, 3.63) is 65.7 Å². The molecule has 3 aromatic rings. The maximum absolute atomic E-state index is 9.77. The number of ether oxygens (including phenoxy) is 1. The third-order valence-electron chi connectivity index (χ3n) is 8.15. The summed E-state index contributed by atoms with van der Waals surface area (Å²) in [6.07, 6.45) is 4.80. The molecule has 0 spiro atoms. The highest BCUT2D eigenvalue weighted by molar-refractivity contribution is 5.68. The van der Waals surface area contributed by atoms with Gasteiger partial charge >= 0.3 is 0 Å². The van der Waals surface area contributed by atoms with Gasteiger partial charge in [-0.1, -0.05) is 19.1 Å². The number of hydrogen-bond donors (Lipinski definition) is 0. The van der Waals surface area contributed by atoms with Crippen LogP contribution in [0.25, 0.3) is 11.4 Å². The monoisotopic (exact) mass is 509 g/mol. The lowest BCUT2D eigenvalue weighted by Gasteiger charge is -2.43. The lowest BCUT2D eigenvalue weighted by Crippen LogP contribution is -2.56. The lowest BCUT2D eigenvalue weighted by atomic mass is 10.00. The van der Waals surface area contributed by atoms with E-state index >= 15 is 0 Å². The number of hydrogen-bond acceptors (Lipinski definition) is 8. The Bertz CT molecular complexity index is 1290. The number of piperazine rings is 1. The van der Waals surface area contributed by atoms with E-state index in [-0.39, 0.29) is 5.92 Å². The number of rotatable bonds is 7. The molecule has 3 aliphatic rings. The average molecular weight is 510 g/mol. The van der Waals surface area contributed by atoms with Crippen molar-refractivity contribution in [2.45, 2.75) is 38.1 Å². The van der Waals surface area contributed by atoms with E-state index < -0.39 is 0 Å². The van der Waals surface area contributed by atoms with Gasteiger partial charge in [-0.25, -0.2) is 15.0 Å². The largest absolute Gasteiger partial charge is 0.378 e. The van der Waals surface area contributed by atoms with Crippen LogP contribution < -0.4 is 9.80 Å². The Labute approximate surface area is 224 Å². The van der Waals surface area contributed by atoms with Crippen LogP contribution in [-0.2, 0) is 11.2 Å². The molecule has 3 saturated heterocycles. The number of nitrogens with zero attached hydrogens (tertiary/aromatic N) is 7. The van der Waals surface area contributed by atoms with Crippen molar-refractivity contribution in [3.8, 4) is 17.5 Å². The normalized spacial score (nSPS) is 19.3. The molecule has 196 valence electrons. The minimum Gasteiger partial charge on any atom is -0.378 e. The fourth-order valence-corrected chi connectivity index (χ4v) is 5.75. The molecule has 3 aliphatic heterocycles. The van der Waals surface area contributed by atoms with Crippen LogP contribution in [0.3, 0.4) is 0 Å². The van der Waals surface area contributed by atoms with Crippen molar-refractivity contribution in [1.29, 1.82) is 5.26 Å². The zero-order valence-electron chi connectivity index (χ0n) is 22.1. The quantitative estimate of drug-likeness (QED) is 0.475. The third-order valence-corrected chi connectivity index (χ3v) is 8.15. The molecule has 0 amide bonds. The molecule has 0 N–H and O–H groups in total. The van der Waals surface area contributed by atoms with Gasteiger partial charge in [-0.3, -0.25) is 4.90 Å². The van der Waals surface area contributed by atoms with Gasteiger partial charge in [0, 0.05) is 56.4 Å². The Hall–Kier alpha value is -3.54. The van der Waals surface area contributed by atoms with Crippen molar-refractivity contribution in [2.24, 2.45) is 0 Å². The summed E-state index contributed by atoms with van der Waals surface area (Å²) in [5.74, 6) is 1.54. The first-order valence-corrected chi connectivity index (χ1v) is 13.8. The van der Waals surface area contributed by atoms with Crippen LogP contribution in [-0.4, -0.2) is 78.4 Å². The highest BCUT2D eigenvalue weighted by Gasteiger charge is 2.29. The molecule has 8 nitrogen and oxygen atoms in total. The fraction of sp³-hybridized carbons (Fsp3) is 0.467. The highest BCUT2D eigenvalue weighted by atomic mass is 16.5. The maximum atomic E-state index is 9.77. The molecule has 6 rings (SSSR count). The molecule has 0 radical (unpaired) electrons. The van der Waals surface area contributed by atoms with Crippen molar-refractivity contribution in [1.82, 2.24) is 19.9 Å². The Morgan fingerprint density at radius 1 is 0.947 bits per heavy atom. The minimum absolute atomic E-state index is 0.148. The van der Waals surface area contributed by atoms with Crippen LogP contribution >= 0.6 is 0 Å². The van der Waals surface area contributed by atoms with E-state index in [9.17, 15) is 5.26 Å². The Morgan fingerprint density at radius 2 is 1.71 bits per heavy atom. The van der Waals surface area contributed by atoms with Crippen LogP contribution in [0.4, 0.5) is 11.4 Å². The van der Waals surface area contributed by atoms with Crippen LogP contribution in [0.15, 0.2) is 48.8 Å². The van der Waals surface area contributed by atoms with Gasteiger partial charge in [0.25, 0.3) is 0 Å². The van der Waals surface area contributed by atoms with E-state index in [2.05, 4.69) is 61.9 Å². The Balaban J connectivity index is 1.10. The van der Waals surface area contributed by atoms with Crippen LogP contribution in [0.5, 0.6) is 0 Å². The van der Waals surface area contributed by atoms with Gasteiger partial charge in [0.2, 0.25) is 0 Å². The van der Waals surface area contributed by atoms with E-state index in [1.807, 2.05) is 18.2 Å². The van der Waals surface area contributed by atoms with Gasteiger partial charge in [-0.05, 0) is 55.2 Å². The van der Waals surface area contributed by atoms with E-state index in [4.69, 9.17) is 9.72 Å². The molecular weight excluding hydrogens is 474 g/mol. The predicted molar refractivity (Wildman–Crippen MR) is 148 cm³/mol. The fourth-order valence-electron chi connectivity index (χ4n) is 5.75. The summed E-state index contributed by atoms with van der Waals surface area (Å²) >= 11 is 0. The van der Waals surface area contributed by atoms with E-state index in [1.54, 1.807) is 6.33 Å². The molecule has 2 aromatic carbocycles. The molecule has 4 heterocycles. The van der Waals surface area contributed by atoms with Gasteiger partial charge in [0.05, 0.1) is 30.5 Å². The van der Waals surface area contributed by atoms with E-state index in [1.165, 1.54) is 24.1 Å². The first-order valence-electron chi connectivity index (χ1n) is 13.8. The number of benzene rings is 2. The van der Waals surface area contributed by atoms with Crippen molar-refractivity contribution in [3.63, 3.8) is 0 Å². The summed E-state index contributed by atoms with van der Waals surface area (Å²) in [4.78, 5) is 21.0. The van der Waals surface area contributed by atoms with E-state index in [0.717, 1.165) is 76.0 Å². The second-order valence-electron chi connectivity index (χ2n) is 10.7. The first-order chi connectivity index (χ1) is 18.7. The van der Waals surface area contributed by atoms with Crippen LogP contribution in [0.1, 0.15) is 42.6 Å². The minimum atomic E-state index is 0.148. The molecular formula is C30H35N7O.